The minimum atomic E-state index is -0.546. The van der Waals surface area contributed by atoms with Crippen molar-refractivity contribution in [1.82, 2.24) is 0 Å². The normalized spacial score (nSPS) is 19.1. The lowest BCUT2D eigenvalue weighted by molar-refractivity contribution is -0.0218. The van der Waals surface area contributed by atoms with Gasteiger partial charge in [-0.2, -0.15) is 0 Å². The van der Waals surface area contributed by atoms with Crippen LogP contribution in [0.15, 0.2) is 60.7 Å². The van der Waals surface area contributed by atoms with Crippen LogP contribution in [0.25, 0.3) is 0 Å². The fraction of sp³-hybridized carbons (Fsp3) is 0.400. The monoisotopic (exact) mass is 280 g/mol. The molecule has 110 valence electrons. The molecule has 0 spiro atoms. The summed E-state index contributed by atoms with van der Waals surface area (Å²) in [4.78, 5) is 0. The Kier molecular flexibility index (Phi) is 4.40. The first-order chi connectivity index (χ1) is 10.3. The minimum Gasteiger partial charge on any atom is -0.389 e. The van der Waals surface area contributed by atoms with Crippen LogP contribution in [-0.2, 0) is 6.42 Å². The molecule has 0 saturated heterocycles. The molecule has 1 aliphatic carbocycles. The Morgan fingerprint density at radius 3 is 2.00 bits per heavy atom. The third-order valence-corrected chi connectivity index (χ3v) is 4.85. The number of aliphatic hydroxyl groups is 1. The predicted molar refractivity (Wildman–Crippen MR) is 87.4 cm³/mol. The van der Waals surface area contributed by atoms with Crippen LogP contribution >= 0.6 is 0 Å². The highest BCUT2D eigenvalue weighted by atomic mass is 16.3. The van der Waals surface area contributed by atoms with Crippen molar-refractivity contribution in [2.75, 3.05) is 0 Å². The summed E-state index contributed by atoms with van der Waals surface area (Å²) in [5.74, 6) is 0.196. The van der Waals surface area contributed by atoms with E-state index < -0.39 is 5.60 Å². The van der Waals surface area contributed by atoms with Crippen molar-refractivity contribution in [3.63, 3.8) is 0 Å². The third-order valence-electron chi connectivity index (χ3n) is 4.85. The van der Waals surface area contributed by atoms with Crippen molar-refractivity contribution >= 4 is 0 Å². The maximum absolute atomic E-state index is 11.2. The molecule has 1 nitrogen and oxygen atoms in total. The van der Waals surface area contributed by atoms with Gasteiger partial charge in [-0.3, -0.25) is 0 Å². The van der Waals surface area contributed by atoms with Crippen LogP contribution in [0, 0.1) is 0 Å². The summed E-state index contributed by atoms with van der Waals surface area (Å²) in [6, 6.07) is 21.1. The van der Waals surface area contributed by atoms with Gasteiger partial charge in [-0.05, 0) is 30.4 Å². The van der Waals surface area contributed by atoms with E-state index in [0.29, 0.717) is 0 Å². The van der Waals surface area contributed by atoms with Crippen molar-refractivity contribution in [2.24, 2.45) is 0 Å². The molecule has 21 heavy (non-hydrogen) atoms. The van der Waals surface area contributed by atoms with Gasteiger partial charge in [-0.25, -0.2) is 0 Å². The van der Waals surface area contributed by atoms with E-state index in [2.05, 4.69) is 54.6 Å². The molecule has 1 heteroatoms. The molecule has 0 amide bonds. The molecule has 0 radical (unpaired) electrons. The molecule has 3 rings (SSSR count). The fourth-order valence-corrected chi connectivity index (χ4v) is 3.67. The first-order valence-electron chi connectivity index (χ1n) is 8.09. The van der Waals surface area contributed by atoms with E-state index >= 15 is 0 Å². The summed E-state index contributed by atoms with van der Waals surface area (Å²) in [5.41, 5.74) is 2.03. The first-order valence-corrected chi connectivity index (χ1v) is 8.09. The summed E-state index contributed by atoms with van der Waals surface area (Å²) < 4.78 is 0. The summed E-state index contributed by atoms with van der Waals surface area (Å²) in [7, 11) is 0. The van der Waals surface area contributed by atoms with Crippen LogP contribution in [0.2, 0.25) is 0 Å². The number of hydrogen-bond acceptors (Lipinski definition) is 1. The van der Waals surface area contributed by atoms with Crippen molar-refractivity contribution in [1.29, 1.82) is 0 Å². The van der Waals surface area contributed by atoms with Crippen molar-refractivity contribution in [2.45, 2.75) is 50.0 Å². The quantitative estimate of drug-likeness (QED) is 0.860. The minimum absolute atomic E-state index is 0.196. The summed E-state index contributed by atoms with van der Waals surface area (Å²) in [5, 5.41) is 11.2. The van der Waals surface area contributed by atoms with Crippen LogP contribution < -0.4 is 0 Å². The first kappa shape index (κ1) is 14.3. The van der Waals surface area contributed by atoms with Gasteiger partial charge in [0.25, 0.3) is 0 Å². The topological polar surface area (TPSA) is 20.2 Å². The molecule has 1 aliphatic rings. The van der Waals surface area contributed by atoms with Crippen LogP contribution in [0.5, 0.6) is 0 Å². The number of hydrogen-bond donors (Lipinski definition) is 1. The number of benzene rings is 2. The lowest BCUT2D eigenvalue weighted by Crippen LogP contribution is -2.39. The zero-order valence-corrected chi connectivity index (χ0v) is 12.5. The van der Waals surface area contributed by atoms with Gasteiger partial charge in [-0.1, -0.05) is 79.9 Å². The Morgan fingerprint density at radius 2 is 1.38 bits per heavy atom. The van der Waals surface area contributed by atoms with E-state index in [0.717, 1.165) is 32.1 Å². The van der Waals surface area contributed by atoms with E-state index in [-0.39, 0.29) is 5.92 Å². The molecule has 0 bridgehead atoms. The molecule has 0 aromatic heterocycles. The van der Waals surface area contributed by atoms with Crippen molar-refractivity contribution in [3.05, 3.63) is 71.8 Å². The highest BCUT2D eigenvalue weighted by Crippen LogP contribution is 2.41. The molecule has 2 aromatic rings. The van der Waals surface area contributed by atoms with Gasteiger partial charge in [0.2, 0.25) is 0 Å². The molecule has 1 N–H and O–H groups in total. The third kappa shape index (κ3) is 3.36. The zero-order valence-electron chi connectivity index (χ0n) is 12.5. The average Bonchev–Trinajstić information content (AvgIpc) is 2.55. The van der Waals surface area contributed by atoms with E-state index in [1.807, 2.05) is 6.07 Å². The standard InChI is InChI=1S/C20H24O/c21-20(14-8-3-9-15-20)19(18-12-6-2-7-13-18)16-17-10-4-1-5-11-17/h1-2,4-7,10-13,19,21H,3,8-9,14-16H2. The molecule has 1 atom stereocenters. The molecular formula is C20H24O. The second kappa shape index (κ2) is 6.44. The lowest BCUT2D eigenvalue weighted by atomic mass is 9.70. The van der Waals surface area contributed by atoms with Crippen LogP contribution in [-0.4, -0.2) is 10.7 Å². The van der Waals surface area contributed by atoms with Gasteiger partial charge in [0.15, 0.2) is 0 Å². The highest BCUT2D eigenvalue weighted by Gasteiger charge is 2.38. The van der Waals surface area contributed by atoms with Crippen LogP contribution in [0.3, 0.4) is 0 Å². The second-order valence-corrected chi connectivity index (χ2v) is 6.32. The van der Waals surface area contributed by atoms with E-state index in [1.165, 1.54) is 17.5 Å². The Bertz CT molecular complexity index is 541. The summed E-state index contributed by atoms with van der Waals surface area (Å²) in [6.07, 6.45) is 6.33. The molecule has 1 saturated carbocycles. The van der Waals surface area contributed by atoms with Crippen LogP contribution in [0.1, 0.15) is 49.1 Å². The second-order valence-electron chi connectivity index (χ2n) is 6.32. The van der Waals surface area contributed by atoms with Crippen molar-refractivity contribution < 1.29 is 5.11 Å². The molecule has 1 fully saturated rings. The van der Waals surface area contributed by atoms with E-state index in [9.17, 15) is 5.11 Å². The molecule has 0 heterocycles. The Balaban J connectivity index is 1.91. The maximum atomic E-state index is 11.2. The van der Waals surface area contributed by atoms with Gasteiger partial charge >= 0.3 is 0 Å². The summed E-state index contributed by atoms with van der Waals surface area (Å²) >= 11 is 0. The van der Waals surface area contributed by atoms with Crippen LogP contribution in [0.4, 0.5) is 0 Å². The molecule has 0 aliphatic heterocycles. The fourth-order valence-electron chi connectivity index (χ4n) is 3.67. The average molecular weight is 280 g/mol. The molecular weight excluding hydrogens is 256 g/mol. The van der Waals surface area contributed by atoms with E-state index in [4.69, 9.17) is 0 Å². The SMILES string of the molecule is OC1(C(Cc2ccccc2)c2ccccc2)CCCCC1. The highest BCUT2D eigenvalue weighted by molar-refractivity contribution is 5.27. The Labute approximate surface area is 127 Å². The Hall–Kier alpha value is -1.60. The maximum Gasteiger partial charge on any atom is 0.0719 e. The zero-order chi connectivity index (χ0) is 14.5. The Morgan fingerprint density at radius 1 is 0.810 bits per heavy atom. The van der Waals surface area contributed by atoms with Gasteiger partial charge < -0.3 is 5.11 Å². The largest absolute Gasteiger partial charge is 0.389 e. The van der Waals surface area contributed by atoms with Gasteiger partial charge in [-0.15, -0.1) is 0 Å². The molecule has 1 unspecified atom stereocenters. The summed E-state index contributed by atoms with van der Waals surface area (Å²) in [6.45, 7) is 0. The molecule has 2 aromatic carbocycles. The van der Waals surface area contributed by atoms with Gasteiger partial charge in [0.1, 0.15) is 0 Å². The smallest absolute Gasteiger partial charge is 0.0719 e. The van der Waals surface area contributed by atoms with Gasteiger partial charge in [0, 0.05) is 5.92 Å². The predicted octanol–water partition coefficient (Wildman–Crippen LogP) is 4.71. The van der Waals surface area contributed by atoms with Gasteiger partial charge in [0.05, 0.1) is 5.60 Å². The lowest BCUT2D eigenvalue weighted by Gasteiger charge is -2.40. The number of rotatable bonds is 4. The van der Waals surface area contributed by atoms with Crippen molar-refractivity contribution in [3.8, 4) is 0 Å². The van der Waals surface area contributed by atoms with E-state index in [1.54, 1.807) is 0 Å².